The van der Waals surface area contributed by atoms with E-state index in [0.29, 0.717) is 5.92 Å². The van der Waals surface area contributed by atoms with Crippen molar-refractivity contribution >= 4 is 28.2 Å². The molecule has 0 saturated carbocycles. The maximum Gasteiger partial charge on any atom is 0.219 e. The number of pyridine rings is 1. The van der Waals surface area contributed by atoms with Crippen molar-refractivity contribution in [2.24, 2.45) is 0 Å². The van der Waals surface area contributed by atoms with E-state index in [0.717, 1.165) is 48.1 Å². The molecule has 0 aromatic carbocycles. The maximum absolute atomic E-state index is 11.5. The highest BCUT2D eigenvalue weighted by atomic mass is 32.1. The van der Waals surface area contributed by atoms with Gasteiger partial charge >= 0.3 is 0 Å². The number of thiazole rings is 1. The molecular weight excluding hydrogens is 296 g/mol. The lowest BCUT2D eigenvalue weighted by molar-refractivity contribution is -0.130. The van der Waals surface area contributed by atoms with Gasteiger partial charge in [-0.05, 0) is 31.4 Å². The quantitative estimate of drug-likeness (QED) is 0.944. The molecule has 2 aromatic rings. The van der Waals surface area contributed by atoms with Gasteiger partial charge in [-0.15, -0.1) is 11.3 Å². The van der Waals surface area contributed by atoms with Crippen LogP contribution in [0.4, 0.5) is 10.9 Å². The van der Waals surface area contributed by atoms with Gasteiger partial charge in [0.25, 0.3) is 0 Å². The van der Waals surface area contributed by atoms with Gasteiger partial charge in [-0.3, -0.25) is 4.79 Å². The van der Waals surface area contributed by atoms with Crippen LogP contribution in [0.1, 0.15) is 36.9 Å². The van der Waals surface area contributed by atoms with Crippen molar-refractivity contribution in [2.45, 2.75) is 32.6 Å². The van der Waals surface area contributed by atoms with E-state index in [1.807, 2.05) is 30.2 Å². The zero-order valence-corrected chi connectivity index (χ0v) is 13.7. The van der Waals surface area contributed by atoms with E-state index in [-0.39, 0.29) is 5.91 Å². The molecule has 0 aliphatic carbocycles. The minimum Gasteiger partial charge on any atom is -0.342 e. The van der Waals surface area contributed by atoms with Gasteiger partial charge in [0.2, 0.25) is 5.91 Å². The normalized spacial score (nSPS) is 18.3. The summed E-state index contributed by atoms with van der Waals surface area (Å²) >= 11 is 1.59. The molecule has 6 heteroatoms. The summed E-state index contributed by atoms with van der Waals surface area (Å²) in [6.07, 6.45) is 3.97. The lowest BCUT2D eigenvalue weighted by Crippen LogP contribution is -2.37. The van der Waals surface area contributed by atoms with E-state index < -0.39 is 0 Å². The van der Waals surface area contributed by atoms with Gasteiger partial charge < -0.3 is 10.2 Å². The molecule has 1 fully saturated rings. The number of nitrogens with zero attached hydrogens (tertiary/aromatic N) is 3. The highest BCUT2D eigenvalue weighted by Gasteiger charge is 2.24. The molecule has 1 atom stereocenters. The Labute approximate surface area is 134 Å². The Kier molecular flexibility index (Phi) is 4.38. The number of anilines is 2. The average Bonchev–Trinajstić information content (AvgIpc) is 2.98. The summed E-state index contributed by atoms with van der Waals surface area (Å²) in [5.41, 5.74) is 2.21. The summed E-state index contributed by atoms with van der Waals surface area (Å²) in [7, 11) is 0. The SMILES string of the molecule is CC(=O)N1CCC[C@H](c2csc(Nc3ccc(C)cn3)n2)C1. The molecule has 22 heavy (non-hydrogen) atoms. The summed E-state index contributed by atoms with van der Waals surface area (Å²) in [5.74, 6) is 1.30. The van der Waals surface area contributed by atoms with Crippen LogP contribution < -0.4 is 5.32 Å². The first-order chi connectivity index (χ1) is 10.6. The standard InChI is InChI=1S/C16H20N4OS/c1-11-5-6-15(17-8-11)19-16-18-14(10-22-16)13-4-3-7-20(9-13)12(2)21/h5-6,8,10,13H,3-4,7,9H2,1-2H3,(H,17,18,19)/t13-/m0/s1. The monoisotopic (exact) mass is 316 g/mol. The Balaban J connectivity index is 1.68. The van der Waals surface area contributed by atoms with E-state index in [9.17, 15) is 4.79 Å². The van der Waals surface area contributed by atoms with Gasteiger partial charge in [0.1, 0.15) is 5.82 Å². The Morgan fingerprint density at radius 1 is 1.45 bits per heavy atom. The molecule has 1 amide bonds. The van der Waals surface area contributed by atoms with E-state index in [1.165, 1.54) is 0 Å². The zero-order chi connectivity index (χ0) is 15.5. The molecule has 3 rings (SSSR count). The number of amides is 1. The lowest BCUT2D eigenvalue weighted by atomic mass is 9.95. The number of rotatable bonds is 3. The first-order valence-corrected chi connectivity index (χ1v) is 8.40. The van der Waals surface area contributed by atoms with Gasteiger partial charge in [0.15, 0.2) is 5.13 Å². The third kappa shape index (κ3) is 3.44. The second-order valence-corrected chi connectivity index (χ2v) is 6.59. The fourth-order valence-electron chi connectivity index (χ4n) is 2.69. The Morgan fingerprint density at radius 3 is 3.05 bits per heavy atom. The van der Waals surface area contributed by atoms with E-state index in [1.54, 1.807) is 18.3 Å². The molecule has 3 heterocycles. The molecule has 0 spiro atoms. The third-order valence-electron chi connectivity index (χ3n) is 3.95. The van der Waals surface area contributed by atoms with Crippen molar-refractivity contribution in [3.05, 3.63) is 35.0 Å². The molecule has 1 saturated heterocycles. The van der Waals surface area contributed by atoms with Gasteiger partial charge in [-0.2, -0.15) is 0 Å². The van der Waals surface area contributed by atoms with E-state index >= 15 is 0 Å². The van der Waals surface area contributed by atoms with Crippen LogP contribution in [-0.2, 0) is 4.79 Å². The molecule has 5 nitrogen and oxygen atoms in total. The number of likely N-dealkylation sites (tertiary alicyclic amines) is 1. The van der Waals surface area contributed by atoms with Crippen LogP contribution in [0, 0.1) is 6.92 Å². The van der Waals surface area contributed by atoms with Crippen LogP contribution in [0.2, 0.25) is 0 Å². The van der Waals surface area contributed by atoms with Crippen molar-refractivity contribution in [3.8, 4) is 0 Å². The summed E-state index contributed by atoms with van der Waals surface area (Å²) in [6.45, 7) is 5.30. The fourth-order valence-corrected chi connectivity index (χ4v) is 3.49. The fraction of sp³-hybridized carbons (Fsp3) is 0.438. The van der Waals surface area contributed by atoms with E-state index in [4.69, 9.17) is 0 Å². The van der Waals surface area contributed by atoms with Crippen LogP contribution in [0.3, 0.4) is 0 Å². The maximum atomic E-state index is 11.5. The summed E-state index contributed by atoms with van der Waals surface area (Å²) < 4.78 is 0. The summed E-state index contributed by atoms with van der Waals surface area (Å²) in [6, 6.07) is 3.98. The van der Waals surface area contributed by atoms with Crippen molar-refractivity contribution in [2.75, 3.05) is 18.4 Å². The van der Waals surface area contributed by atoms with Crippen molar-refractivity contribution in [1.82, 2.24) is 14.9 Å². The lowest BCUT2D eigenvalue weighted by Gasteiger charge is -2.31. The van der Waals surface area contributed by atoms with Crippen LogP contribution in [0.15, 0.2) is 23.7 Å². The molecular formula is C16H20N4OS. The Hall–Kier alpha value is -1.95. The van der Waals surface area contributed by atoms with Gasteiger partial charge in [-0.25, -0.2) is 9.97 Å². The van der Waals surface area contributed by atoms with Crippen LogP contribution >= 0.6 is 11.3 Å². The van der Waals surface area contributed by atoms with Crippen molar-refractivity contribution in [3.63, 3.8) is 0 Å². The highest BCUT2D eigenvalue weighted by molar-refractivity contribution is 7.13. The second kappa shape index (κ2) is 6.44. The Morgan fingerprint density at radius 2 is 2.32 bits per heavy atom. The number of piperidine rings is 1. The van der Waals surface area contributed by atoms with Crippen molar-refractivity contribution < 1.29 is 4.79 Å². The number of hydrogen-bond donors (Lipinski definition) is 1. The first kappa shape index (κ1) is 15.0. The molecule has 1 N–H and O–H groups in total. The average molecular weight is 316 g/mol. The third-order valence-corrected chi connectivity index (χ3v) is 4.73. The van der Waals surface area contributed by atoms with E-state index in [2.05, 4.69) is 20.7 Å². The Bertz CT molecular complexity index is 652. The number of nitrogens with one attached hydrogen (secondary N) is 1. The minimum absolute atomic E-state index is 0.155. The molecule has 116 valence electrons. The number of carbonyl (C=O) groups excluding carboxylic acids is 1. The largest absolute Gasteiger partial charge is 0.342 e. The molecule has 2 aromatic heterocycles. The number of aryl methyl sites for hydroxylation is 1. The first-order valence-electron chi connectivity index (χ1n) is 7.52. The highest BCUT2D eigenvalue weighted by Crippen LogP contribution is 2.30. The van der Waals surface area contributed by atoms with Gasteiger partial charge in [0.05, 0.1) is 5.69 Å². The number of carbonyl (C=O) groups is 1. The minimum atomic E-state index is 0.155. The predicted molar refractivity (Wildman–Crippen MR) is 88.6 cm³/mol. The van der Waals surface area contributed by atoms with Crippen LogP contribution in [-0.4, -0.2) is 33.9 Å². The molecule has 1 aliphatic heterocycles. The summed E-state index contributed by atoms with van der Waals surface area (Å²) in [5, 5.41) is 6.18. The van der Waals surface area contributed by atoms with Gasteiger partial charge in [0, 0.05) is 37.5 Å². The van der Waals surface area contributed by atoms with Crippen LogP contribution in [0.5, 0.6) is 0 Å². The number of hydrogen-bond acceptors (Lipinski definition) is 5. The second-order valence-electron chi connectivity index (χ2n) is 5.73. The van der Waals surface area contributed by atoms with Crippen LogP contribution in [0.25, 0.3) is 0 Å². The molecule has 1 aliphatic rings. The molecule has 0 radical (unpaired) electrons. The topological polar surface area (TPSA) is 58.1 Å². The zero-order valence-electron chi connectivity index (χ0n) is 12.9. The predicted octanol–water partition coefficient (Wildman–Crippen LogP) is 3.32. The van der Waals surface area contributed by atoms with Crippen molar-refractivity contribution in [1.29, 1.82) is 0 Å². The molecule has 0 bridgehead atoms. The summed E-state index contributed by atoms with van der Waals surface area (Å²) in [4.78, 5) is 22.5. The number of aromatic nitrogens is 2. The molecule has 0 unspecified atom stereocenters. The smallest absolute Gasteiger partial charge is 0.219 e. The van der Waals surface area contributed by atoms with Gasteiger partial charge in [-0.1, -0.05) is 6.07 Å².